The van der Waals surface area contributed by atoms with E-state index in [2.05, 4.69) is 41.1 Å². The third-order valence-electron chi connectivity index (χ3n) is 3.39. The first kappa shape index (κ1) is 12.0. The molecular formula is C12H21N3S. The van der Waals surface area contributed by atoms with Crippen molar-refractivity contribution in [2.45, 2.75) is 32.7 Å². The van der Waals surface area contributed by atoms with Crippen LogP contribution in [-0.2, 0) is 0 Å². The Morgan fingerprint density at radius 3 is 2.94 bits per heavy atom. The quantitative estimate of drug-likeness (QED) is 0.848. The summed E-state index contributed by atoms with van der Waals surface area (Å²) in [5.74, 6) is 3.55. The largest absolute Gasteiger partial charge is 0.310 e. The number of rotatable bonds is 4. The van der Waals surface area contributed by atoms with Gasteiger partial charge in [0.15, 0.2) is 0 Å². The van der Waals surface area contributed by atoms with Crippen LogP contribution in [0.1, 0.15) is 37.1 Å². The molecule has 1 aliphatic heterocycles. The summed E-state index contributed by atoms with van der Waals surface area (Å²) in [4.78, 5) is 0. The number of thioether (sulfide) groups is 1. The van der Waals surface area contributed by atoms with Crippen LogP contribution >= 0.6 is 11.8 Å². The maximum Gasteiger partial charge on any atom is 0.0537 e. The van der Waals surface area contributed by atoms with E-state index in [1.807, 2.05) is 6.20 Å². The Hall–Kier alpha value is -0.480. The topological polar surface area (TPSA) is 40.7 Å². The molecule has 1 atom stereocenters. The van der Waals surface area contributed by atoms with Crippen molar-refractivity contribution in [1.29, 1.82) is 0 Å². The van der Waals surface area contributed by atoms with Gasteiger partial charge in [0.1, 0.15) is 0 Å². The molecule has 4 heteroatoms. The van der Waals surface area contributed by atoms with Gasteiger partial charge in [0.2, 0.25) is 0 Å². The highest BCUT2D eigenvalue weighted by Crippen LogP contribution is 2.23. The smallest absolute Gasteiger partial charge is 0.0537 e. The van der Waals surface area contributed by atoms with Crippen molar-refractivity contribution in [3.05, 3.63) is 17.5 Å². The summed E-state index contributed by atoms with van der Waals surface area (Å²) in [6, 6.07) is 0.410. The molecule has 1 fully saturated rings. The van der Waals surface area contributed by atoms with E-state index in [1.54, 1.807) is 0 Å². The highest BCUT2D eigenvalue weighted by molar-refractivity contribution is 7.99. The van der Waals surface area contributed by atoms with E-state index in [-0.39, 0.29) is 0 Å². The number of nitrogens with one attached hydrogen (secondary N) is 2. The van der Waals surface area contributed by atoms with Gasteiger partial charge >= 0.3 is 0 Å². The lowest BCUT2D eigenvalue weighted by atomic mass is 10.0. The van der Waals surface area contributed by atoms with Crippen LogP contribution in [0.2, 0.25) is 0 Å². The van der Waals surface area contributed by atoms with E-state index in [4.69, 9.17) is 0 Å². The first-order valence-corrected chi connectivity index (χ1v) is 7.24. The van der Waals surface area contributed by atoms with Crippen LogP contribution < -0.4 is 5.32 Å². The van der Waals surface area contributed by atoms with E-state index in [9.17, 15) is 0 Å². The van der Waals surface area contributed by atoms with Gasteiger partial charge in [0, 0.05) is 17.3 Å². The fourth-order valence-electron chi connectivity index (χ4n) is 2.20. The van der Waals surface area contributed by atoms with Gasteiger partial charge in [-0.1, -0.05) is 0 Å². The summed E-state index contributed by atoms with van der Waals surface area (Å²) < 4.78 is 0. The highest BCUT2D eigenvalue weighted by Gasteiger charge is 2.16. The summed E-state index contributed by atoms with van der Waals surface area (Å²) >= 11 is 2.09. The van der Waals surface area contributed by atoms with E-state index >= 15 is 0 Å². The van der Waals surface area contributed by atoms with E-state index in [1.165, 1.54) is 35.6 Å². The van der Waals surface area contributed by atoms with E-state index < -0.39 is 0 Å². The SMILES string of the molecule is Cc1[nH]ncc1C(C)NCC1CCSCC1. The molecule has 1 aromatic heterocycles. The van der Waals surface area contributed by atoms with Crippen molar-refractivity contribution in [3.8, 4) is 0 Å². The normalized spacial score (nSPS) is 19.9. The number of nitrogens with zero attached hydrogens (tertiary/aromatic N) is 1. The Kier molecular flexibility index (Phi) is 4.29. The van der Waals surface area contributed by atoms with E-state index in [0.29, 0.717) is 6.04 Å². The first-order chi connectivity index (χ1) is 7.77. The lowest BCUT2D eigenvalue weighted by molar-refractivity contribution is 0.420. The standard InChI is InChI=1S/C12H21N3S/c1-9(12-8-14-15-10(12)2)13-7-11-3-5-16-6-4-11/h8-9,11,13H,3-7H2,1-2H3,(H,14,15). The van der Waals surface area contributed by atoms with Crippen LogP contribution in [-0.4, -0.2) is 28.2 Å². The van der Waals surface area contributed by atoms with Crippen molar-refractivity contribution in [1.82, 2.24) is 15.5 Å². The average Bonchev–Trinajstić information content (AvgIpc) is 2.74. The predicted molar refractivity (Wildman–Crippen MR) is 69.8 cm³/mol. The first-order valence-electron chi connectivity index (χ1n) is 6.08. The number of aromatic nitrogens is 2. The second kappa shape index (κ2) is 5.73. The zero-order valence-electron chi connectivity index (χ0n) is 10.1. The molecule has 1 saturated heterocycles. The monoisotopic (exact) mass is 239 g/mol. The Bertz CT molecular complexity index is 318. The lowest BCUT2D eigenvalue weighted by Crippen LogP contribution is -2.28. The molecule has 1 aromatic rings. The van der Waals surface area contributed by atoms with Crippen molar-refractivity contribution in [3.63, 3.8) is 0 Å². The van der Waals surface area contributed by atoms with Crippen LogP contribution in [0.4, 0.5) is 0 Å². The molecule has 2 N–H and O–H groups in total. The fourth-order valence-corrected chi connectivity index (χ4v) is 3.40. The minimum atomic E-state index is 0.410. The molecule has 2 rings (SSSR count). The Labute approximate surface area is 102 Å². The molecule has 0 amide bonds. The van der Waals surface area contributed by atoms with Crippen LogP contribution in [0.5, 0.6) is 0 Å². The minimum Gasteiger partial charge on any atom is -0.310 e. The fraction of sp³-hybridized carbons (Fsp3) is 0.750. The molecule has 90 valence electrons. The summed E-state index contributed by atoms with van der Waals surface area (Å²) in [5.41, 5.74) is 2.48. The number of aryl methyl sites for hydroxylation is 1. The molecular weight excluding hydrogens is 218 g/mol. The number of H-pyrrole nitrogens is 1. The van der Waals surface area contributed by atoms with Gasteiger partial charge in [-0.15, -0.1) is 0 Å². The molecule has 0 bridgehead atoms. The number of hydrogen-bond donors (Lipinski definition) is 2. The van der Waals surface area contributed by atoms with Gasteiger partial charge < -0.3 is 5.32 Å². The van der Waals surface area contributed by atoms with Gasteiger partial charge in [-0.3, -0.25) is 5.10 Å². The summed E-state index contributed by atoms with van der Waals surface area (Å²) in [6.07, 6.45) is 4.67. The predicted octanol–water partition coefficient (Wildman–Crippen LogP) is 2.51. The second-order valence-electron chi connectivity index (χ2n) is 4.64. The third kappa shape index (κ3) is 3.01. The van der Waals surface area contributed by atoms with Gasteiger partial charge in [-0.25, -0.2) is 0 Å². The molecule has 0 aliphatic carbocycles. The van der Waals surface area contributed by atoms with Crippen molar-refractivity contribution in [2.75, 3.05) is 18.1 Å². The van der Waals surface area contributed by atoms with Crippen molar-refractivity contribution < 1.29 is 0 Å². The third-order valence-corrected chi connectivity index (χ3v) is 4.44. The Balaban J connectivity index is 1.79. The number of hydrogen-bond acceptors (Lipinski definition) is 3. The summed E-state index contributed by atoms with van der Waals surface area (Å²) in [7, 11) is 0. The van der Waals surface area contributed by atoms with Gasteiger partial charge in [-0.2, -0.15) is 16.9 Å². The Morgan fingerprint density at radius 1 is 1.56 bits per heavy atom. The maximum atomic E-state index is 4.07. The molecule has 0 spiro atoms. The highest BCUT2D eigenvalue weighted by atomic mass is 32.2. The maximum absolute atomic E-state index is 4.07. The van der Waals surface area contributed by atoms with Gasteiger partial charge in [0.25, 0.3) is 0 Å². The van der Waals surface area contributed by atoms with Crippen LogP contribution in [0.3, 0.4) is 0 Å². The van der Waals surface area contributed by atoms with Gasteiger partial charge in [-0.05, 0) is 50.7 Å². The van der Waals surface area contributed by atoms with E-state index in [0.717, 1.165) is 12.5 Å². The number of aromatic amines is 1. The van der Waals surface area contributed by atoms with Gasteiger partial charge in [0.05, 0.1) is 6.20 Å². The summed E-state index contributed by atoms with van der Waals surface area (Å²) in [6.45, 7) is 5.44. The average molecular weight is 239 g/mol. The molecule has 1 aliphatic rings. The molecule has 3 nitrogen and oxygen atoms in total. The second-order valence-corrected chi connectivity index (χ2v) is 5.86. The van der Waals surface area contributed by atoms with Crippen LogP contribution in [0, 0.1) is 12.8 Å². The van der Waals surface area contributed by atoms with Crippen molar-refractivity contribution in [2.24, 2.45) is 5.92 Å². The molecule has 1 unspecified atom stereocenters. The zero-order chi connectivity index (χ0) is 11.4. The minimum absolute atomic E-state index is 0.410. The lowest BCUT2D eigenvalue weighted by Gasteiger charge is -2.23. The molecule has 16 heavy (non-hydrogen) atoms. The van der Waals surface area contributed by atoms with Crippen LogP contribution in [0.25, 0.3) is 0 Å². The molecule has 0 radical (unpaired) electrons. The Morgan fingerprint density at radius 2 is 2.31 bits per heavy atom. The van der Waals surface area contributed by atoms with Crippen molar-refractivity contribution >= 4 is 11.8 Å². The molecule has 0 saturated carbocycles. The summed E-state index contributed by atoms with van der Waals surface area (Å²) in [5, 5.41) is 10.7. The molecule has 2 heterocycles. The molecule has 0 aromatic carbocycles. The zero-order valence-corrected chi connectivity index (χ0v) is 10.9. The van der Waals surface area contributed by atoms with Crippen LogP contribution in [0.15, 0.2) is 6.20 Å².